The summed E-state index contributed by atoms with van der Waals surface area (Å²) in [6.45, 7) is 0. The molecule has 1 aromatic rings. The Balaban J connectivity index is 1.43. The molecule has 4 atom stereocenters. The van der Waals surface area contributed by atoms with E-state index < -0.39 is 0 Å². The van der Waals surface area contributed by atoms with E-state index in [1.165, 1.54) is 19.3 Å². The lowest BCUT2D eigenvalue weighted by molar-refractivity contribution is -0.118. The van der Waals surface area contributed by atoms with Crippen molar-refractivity contribution in [1.82, 2.24) is 0 Å². The Morgan fingerprint density at radius 2 is 1.74 bits per heavy atom. The van der Waals surface area contributed by atoms with Crippen LogP contribution in [0.1, 0.15) is 29.6 Å². The molecule has 19 heavy (non-hydrogen) atoms. The first-order valence-electron chi connectivity index (χ1n) is 7.14. The minimum Gasteiger partial charge on any atom is -0.326 e. The fourth-order valence-electron chi connectivity index (χ4n) is 4.55. The maximum Gasteiger partial charge on any atom is 0.228 e. The molecule has 3 nitrogen and oxygen atoms in total. The molecule has 0 radical (unpaired) electrons. The van der Waals surface area contributed by atoms with Crippen molar-refractivity contribution >= 4 is 17.9 Å². The van der Waals surface area contributed by atoms with Gasteiger partial charge in [0.2, 0.25) is 5.91 Å². The molecular weight excluding hydrogens is 238 g/mol. The van der Waals surface area contributed by atoms with Crippen molar-refractivity contribution in [2.24, 2.45) is 29.6 Å². The van der Waals surface area contributed by atoms with Crippen molar-refractivity contribution in [2.45, 2.75) is 19.3 Å². The fraction of sp³-hybridized carbons (Fsp3) is 0.500. The smallest absolute Gasteiger partial charge is 0.228 e. The molecule has 1 N–H and O–H groups in total. The quantitative estimate of drug-likeness (QED) is 0.844. The van der Waals surface area contributed by atoms with Crippen LogP contribution < -0.4 is 5.32 Å². The van der Waals surface area contributed by atoms with Crippen LogP contribution in [0, 0.1) is 29.6 Å². The first kappa shape index (κ1) is 11.2. The van der Waals surface area contributed by atoms with Crippen LogP contribution in [0.3, 0.4) is 0 Å². The van der Waals surface area contributed by atoms with E-state index in [0.29, 0.717) is 17.4 Å². The van der Waals surface area contributed by atoms with Crippen LogP contribution in [0.4, 0.5) is 5.69 Å². The van der Waals surface area contributed by atoms with E-state index in [2.05, 4.69) is 5.32 Å². The van der Waals surface area contributed by atoms with Crippen LogP contribution in [-0.4, -0.2) is 12.2 Å². The summed E-state index contributed by atoms with van der Waals surface area (Å²) in [6.07, 6.45) is 4.86. The second kappa shape index (κ2) is 3.92. The van der Waals surface area contributed by atoms with Gasteiger partial charge in [-0.2, -0.15) is 0 Å². The zero-order valence-electron chi connectivity index (χ0n) is 10.7. The van der Waals surface area contributed by atoms with Gasteiger partial charge in [0.25, 0.3) is 0 Å². The lowest BCUT2D eigenvalue weighted by Crippen LogP contribution is -2.18. The topological polar surface area (TPSA) is 46.2 Å². The molecule has 0 heterocycles. The third kappa shape index (κ3) is 1.64. The van der Waals surface area contributed by atoms with Crippen LogP contribution in [0.5, 0.6) is 0 Å². The van der Waals surface area contributed by atoms with Crippen LogP contribution >= 0.6 is 0 Å². The Kier molecular flexibility index (Phi) is 2.32. The van der Waals surface area contributed by atoms with E-state index >= 15 is 0 Å². The number of benzene rings is 1. The average Bonchev–Trinajstić information content (AvgIpc) is 2.89. The molecule has 4 rings (SSSR count). The van der Waals surface area contributed by atoms with E-state index in [0.717, 1.165) is 23.8 Å². The van der Waals surface area contributed by atoms with E-state index in [1.54, 1.807) is 24.3 Å². The summed E-state index contributed by atoms with van der Waals surface area (Å²) in [5.41, 5.74) is 1.44. The van der Waals surface area contributed by atoms with Crippen molar-refractivity contribution in [2.75, 3.05) is 5.32 Å². The standard InChI is InChI=1S/C16H17NO2/c18-8-9-1-5-12(6-2-9)17-16(19)15-13-10-3-4-11(7-10)14(13)15/h1-2,5-6,8,10-11,13-15H,3-4,7H2,(H,17,19). The average molecular weight is 255 g/mol. The third-order valence-electron chi connectivity index (χ3n) is 5.35. The second-order valence-electron chi connectivity index (χ2n) is 6.24. The predicted molar refractivity (Wildman–Crippen MR) is 71.8 cm³/mol. The largest absolute Gasteiger partial charge is 0.326 e. The molecule has 98 valence electrons. The number of hydrogen-bond acceptors (Lipinski definition) is 2. The van der Waals surface area contributed by atoms with Gasteiger partial charge in [-0.1, -0.05) is 0 Å². The minimum absolute atomic E-state index is 0.186. The van der Waals surface area contributed by atoms with Gasteiger partial charge in [0.15, 0.2) is 0 Å². The molecule has 0 aromatic heterocycles. The summed E-state index contributed by atoms with van der Waals surface area (Å²) >= 11 is 0. The number of aldehydes is 1. The number of anilines is 1. The van der Waals surface area contributed by atoms with E-state index in [-0.39, 0.29) is 11.8 Å². The fourth-order valence-corrected chi connectivity index (χ4v) is 4.55. The van der Waals surface area contributed by atoms with Crippen LogP contribution in [0.25, 0.3) is 0 Å². The van der Waals surface area contributed by atoms with Crippen molar-refractivity contribution < 1.29 is 9.59 Å². The highest BCUT2D eigenvalue weighted by molar-refractivity contribution is 5.95. The molecule has 1 amide bonds. The summed E-state index contributed by atoms with van der Waals surface area (Å²) < 4.78 is 0. The number of nitrogens with one attached hydrogen (secondary N) is 1. The summed E-state index contributed by atoms with van der Waals surface area (Å²) in [5.74, 6) is 3.44. The van der Waals surface area contributed by atoms with Gasteiger partial charge in [0.1, 0.15) is 6.29 Å². The monoisotopic (exact) mass is 255 g/mol. The van der Waals surface area contributed by atoms with Gasteiger partial charge >= 0.3 is 0 Å². The Bertz CT molecular complexity index is 520. The van der Waals surface area contributed by atoms with Crippen molar-refractivity contribution in [3.63, 3.8) is 0 Å². The molecule has 3 saturated carbocycles. The van der Waals surface area contributed by atoms with Gasteiger partial charge in [0, 0.05) is 17.2 Å². The Morgan fingerprint density at radius 1 is 1.11 bits per heavy atom. The highest BCUT2D eigenvalue weighted by atomic mass is 16.2. The zero-order chi connectivity index (χ0) is 13.0. The Labute approximate surface area is 112 Å². The zero-order valence-corrected chi connectivity index (χ0v) is 10.7. The minimum atomic E-state index is 0.186. The first-order chi connectivity index (χ1) is 9.28. The summed E-state index contributed by atoms with van der Waals surface area (Å²) in [7, 11) is 0. The molecule has 0 spiro atoms. The lowest BCUT2D eigenvalue weighted by Gasteiger charge is -2.09. The van der Waals surface area contributed by atoms with Crippen molar-refractivity contribution in [3.05, 3.63) is 29.8 Å². The second-order valence-corrected chi connectivity index (χ2v) is 6.24. The summed E-state index contributed by atoms with van der Waals surface area (Å²) in [5, 5.41) is 3.00. The SMILES string of the molecule is O=Cc1ccc(NC(=O)C2C3C4CCC(C4)C23)cc1. The molecule has 0 aliphatic heterocycles. The Morgan fingerprint density at radius 3 is 2.32 bits per heavy atom. The van der Waals surface area contributed by atoms with Crippen molar-refractivity contribution in [3.8, 4) is 0 Å². The molecule has 2 bridgehead atoms. The normalized spacial score (nSPS) is 37.8. The summed E-state index contributed by atoms with van der Waals surface area (Å²) in [6, 6.07) is 7.07. The number of fused-ring (bicyclic) bond motifs is 5. The molecule has 4 unspecified atom stereocenters. The van der Waals surface area contributed by atoms with Crippen molar-refractivity contribution in [1.29, 1.82) is 0 Å². The maximum absolute atomic E-state index is 12.3. The number of hydrogen-bond donors (Lipinski definition) is 1. The van der Waals surface area contributed by atoms with E-state index in [1.807, 2.05) is 0 Å². The molecule has 0 saturated heterocycles. The van der Waals surface area contributed by atoms with E-state index in [4.69, 9.17) is 0 Å². The molecule has 3 aliphatic carbocycles. The first-order valence-corrected chi connectivity index (χ1v) is 7.14. The number of amides is 1. The van der Waals surface area contributed by atoms with Crippen LogP contribution in [0.15, 0.2) is 24.3 Å². The predicted octanol–water partition coefficient (Wildman–Crippen LogP) is 2.73. The molecule has 3 fully saturated rings. The van der Waals surface area contributed by atoms with Gasteiger partial charge < -0.3 is 5.32 Å². The number of rotatable bonds is 3. The highest BCUT2D eigenvalue weighted by Gasteiger charge is 2.67. The highest BCUT2D eigenvalue weighted by Crippen LogP contribution is 2.69. The number of carbonyl (C=O) groups excluding carboxylic acids is 2. The van der Waals surface area contributed by atoms with Gasteiger partial charge in [-0.3, -0.25) is 9.59 Å². The summed E-state index contributed by atoms with van der Waals surface area (Å²) in [4.78, 5) is 22.9. The molecule has 3 aliphatic rings. The van der Waals surface area contributed by atoms with Gasteiger partial charge in [0.05, 0.1) is 0 Å². The van der Waals surface area contributed by atoms with Gasteiger partial charge in [-0.15, -0.1) is 0 Å². The lowest BCUT2D eigenvalue weighted by atomic mass is 10.0. The molecular formula is C16H17NO2. The van der Waals surface area contributed by atoms with E-state index in [9.17, 15) is 9.59 Å². The maximum atomic E-state index is 12.3. The van der Waals surface area contributed by atoms with Crippen LogP contribution in [-0.2, 0) is 4.79 Å². The third-order valence-corrected chi connectivity index (χ3v) is 5.35. The number of carbonyl (C=O) groups is 2. The van der Waals surface area contributed by atoms with Gasteiger partial charge in [-0.25, -0.2) is 0 Å². The van der Waals surface area contributed by atoms with Crippen LogP contribution in [0.2, 0.25) is 0 Å². The molecule has 3 heteroatoms. The molecule has 1 aromatic carbocycles. The van der Waals surface area contributed by atoms with Gasteiger partial charge in [-0.05, 0) is 67.2 Å². The Hall–Kier alpha value is -1.64.